The number of rotatable bonds is 8. The van der Waals surface area contributed by atoms with Crippen LogP contribution in [0.3, 0.4) is 0 Å². The summed E-state index contributed by atoms with van der Waals surface area (Å²) < 4.78 is 1.44. The summed E-state index contributed by atoms with van der Waals surface area (Å²) in [5.41, 5.74) is 1.61. The number of benzene rings is 1. The van der Waals surface area contributed by atoms with E-state index in [9.17, 15) is 9.59 Å². The smallest absolute Gasteiger partial charge is 0.308 e. The first-order chi connectivity index (χ1) is 11.1. The number of aromatic nitrogens is 3. The number of carboxylic acid groups (broad SMARTS) is 1. The van der Waals surface area contributed by atoms with Crippen molar-refractivity contribution >= 4 is 11.9 Å². The van der Waals surface area contributed by atoms with E-state index in [4.69, 9.17) is 5.11 Å². The molecule has 1 unspecified atom stereocenters. The molecule has 0 bridgehead atoms. The van der Waals surface area contributed by atoms with Crippen molar-refractivity contribution in [3.8, 4) is 11.3 Å². The van der Waals surface area contributed by atoms with Gasteiger partial charge in [0.1, 0.15) is 12.2 Å². The monoisotopic (exact) mass is 316 g/mol. The van der Waals surface area contributed by atoms with Crippen LogP contribution in [-0.2, 0) is 16.1 Å². The molecule has 2 rings (SSSR count). The maximum Gasteiger partial charge on any atom is 0.308 e. The summed E-state index contributed by atoms with van der Waals surface area (Å²) in [4.78, 5) is 22.9. The van der Waals surface area contributed by atoms with Gasteiger partial charge in [-0.2, -0.15) is 0 Å². The van der Waals surface area contributed by atoms with Crippen LogP contribution in [0.1, 0.15) is 19.8 Å². The fourth-order valence-electron chi connectivity index (χ4n) is 2.22. The third-order valence-electron chi connectivity index (χ3n) is 3.45. The second-order valence-corrected chi connectivity index (χ2v) is 5.30. The van der Waals surface area contributed by atoms with Crippen molar-refractivity contribution in [2.75, 3.05) is 6.54 Å². The average Bonchev–Trinajstić information content (AvgIpc) is 3.00. The third kappa shape index (κ3) is 4.91. The van der Waals surface area contributed by atoms with Crippen LogP contribution in [0.25, 0.3) is 11.3 Å². The number of nitrogens with one attached hydrogen (secondary N) is 1. The molecule has 0 spiro atoms. The van der Waals surface area contributed by atoms with Crippen molar-refractivity contribution in [1.82, 2.24) is 20.3 Å². The van der Waals surface area contributed by atoms with Crippen LogP contribution >= 0.6 is 0 Å². The first-order valence-corrected chi connectivity index (χ1v) is 7.55. The molecule has 2 N–H and O–H groups in total. The molecule has 0 saturated carbocycles. The molecule has 0 radical (unpaired) electrons. The molecular weight excluding hydrogens is 296 g/mol. The number of amides is 1. The summed E-state index contributed by atoms with van der Waals surface area (Å²) in [5.74, 6) is -1.73. The van der Waals surface area contributed by atoms with Crippen molar-refractivity contribution in [1.29, 1.82) is 0 Å². The molecule has 0 aliphatic carbocycles. The number of carboxylic acids is 1. The summed E-state index contributed by atoms with van der Waals surface area (Å²) in [7, 11) is 0. The van der Waals surface area contributed by atoms with Gasteiger partial charge in [-0.1, -0.05) is 48.9 Å². The van der Waals surface area contributed by atoms with Gasteiger partial charge < -0.3 is 10.4 Å². The Bertz CT molecular complexity index is 654. The lowest BCUT2D eigenvalue weighted by Crippen LogP contribution is -2.35. The maximum atomic E-state index is 11.9. The summed E-state index contributed by atoms with van der Waals surface area (Å²) in [6.07, 6.45) is 2.99. The van der Waals surface area contributed by atoms with Gasteiger partial charge in [0.2, 0.25) is 5.91 Å². The lowest BCUT2D eigenvalue weighted by atomic mass is 10.0. The third-order valence-corrected chi connectivity index (χ3v) is 3.45. The quantitative estimate of drug-likeness (QED) is 0.770. The number of aliphatic carboxylic acids is 1. The topological polar surface area (TPSA) is 97.1 Å². The van der Waals surface area contributed by atoms with Crippen LogP contribution in [0.4, 0.5) is 0 Å². The highest BCUT2D eigenvalue weighted by Crippen LogP contribution is 2.14. The van der Waals surface area contributed by atoms with Gasteiger partial charge in [0.05, 0.1) is 12.1 Å². The second kappa shape index (κ2) is 8.07. The molecule has 0 fully saturated rings. The van der Waals surface area contributed by atoms with E-state index in [2.05, 4.69) is 15.6 Å². The lowest BCUT2D eigenvalue weighted by molar-refractivity contribution is -0.141. The second-order valence-electron chi connectivity index (χ2n) is 5.30. The minimum Gasteiger partial charge on any atom is -0.481 e. The van der Waals surface area contributed by atoms with Crippen LogP contribution in [-0.4, -0.2) is 38.5 Å². The minimum absolute atomic E-state index is 0.0122. The largest absolute Gasteiger partial charge is 0.481 e. The molecule has 122 valence electrons. The van der Waals surface area contributed by atoms with Gasteiger partial charge in [0.25, 0.3) is 0 Å². The summed E-state index contributed by atoms with van der Waals surface area (Å²) >= 11 is 0. The van der Waals surface area contributed by atoms with E-state index in [1.807, 2.05) is 37.3 Å². The number of nitrogens with zero attached hydrogens (tertiary/aromatic N) is 3. The van der Waals surface area contributed by atoms with E-state index in [0.717, 1.165) is 12.0 Å². The van der Waals surface area contributed by atoms with E-state index in [0.29, 0.717) is 12.1 Å². The van der Waals surface area contributed by atoms with Crippen molar-refractivity contribution in [3.05, 3.63) is 36.5 Å². The van der Waals surface area contributed by atoms with Crippen molar-refractivity contribution in [2.45, 2.75) is 26.3 Å². The van der Waals surface area contributed by atoms with Crippen LogP contribution in [0, 0.1) is 5.92 Å². The van der Waals surface area contributed by atoms with Crippen LogP contribution < -0.4 is 5.32 Å². The van der Waals surface area contributed by atoms with E-state index >= 15 is 0 Å². The molecular formula is C16H20N4O3. The van der Waals surface area contributed by atoms with Gasteiger partial charge in [-0.15, -0.1) is 5.10 Å². The number of carbonyl (C=O) groups excluding carboxylic acids is 1. The zero-order valence-corrected chi connectivity index (χ0v) is 13.0. The highest BCUT2D eigenvalue weighted by atomic mass is 16.4. The van der Waals surface area contributed by atoms with Gasteiger partial charge in [-0.3, -0.25) is 9.59 Å². The Labute approximate surface area is 134 Å². The Morgan fingerprint density at radius 2 is 2.04 bits per heavy atom. The molecule has 2 aromatic rings. The Hall–Kier alpha value is -2.70. The Morgan fingerprint density at radius 1 is 1.30 bits per heavy atom. The van der Waals surface area contributed by atoms with Crippen molar-refractivity contribution < 1.29 is 14.7 Å². The lowest BCUT2D eigenvalue weighted by Gasteiger charge is -2.12. The molecule has 1 aromatic heterocycles. The molecule has 1 heterocycles. The molecule has 1 atom stereocenters. The normalized spacial score (nSPS) is 11.9. The molecule has 23 heavy (non-hydrogen) atoms. The minimum atomic E-state index is -0.890. The van der Waals surface area contributed by atoms with Gasteiger partial charge in [0, 0.05) is 12.1 Å². The van der Waals surface area contributed by atoms with E-state index in [-0.39, 0.29) is 19.0 Å². The fourth-order valence-corrected chi connectivity index (χ4v) is 2.22. The van der Waals surface area contributed by atoms with E-state index in [1.54, 1.807) is 6.20 Å². The zero-order valence-electron chi connectivity index (χ0n) is 13.0. The van der Waals surface area contributed by atoms with Gasteiger partial charge in [-0.05, 0) is 6.42 Å². The Balaban J connectivity index is 1.88. The first-order valence-electron chi connectivity index (χ1n) is 7.55. The van der Waals surface area contributed by atoms with E-state index < -0.39 is 11.9 Å². The maximum absolute atomic E-state index is 11.9. The zero-order chi connectivity index (χ0) is 16.7. The highest BCUT2D eigenvalue weighted by molar-refractivity contribution is 5.77. The molecule has 0 aliphatic heterocycles. The molecule has 1 amide bonds. The summed E-state index contributed by atoms with van der Waals surface area (Å²) in [5, 5.41) is 19.6. The van der Waals surface area contributed by atoms with Crippen LogP contribution in [0.5, 0.6) is 0 Å². The number of carbonyl (C=O) groups is 2. The Kier molecular flexibility index (Phi) is 5.85. The molecule has 1 aromatic carbocycles. The number of hydrogen-bond acceptors (Lipinski definition) is 4. The molecule has 0 aliphatic rings. The number of hydrogen-bond donors (Lipinski definition) is 2. The van der Waals surface area contributed by atoms with Crippen molar-refractivity contribution in [3.63, 3.8) is 0 Å². The Morgan fingerprint density at radius 3 is 2.70 bits per heavy atom. The molecule has 7 heteroatoms. The predicted octanol–water partition coefficient (Wildman–Crippen LogP) is 1.56. The van der Waals surface area contributed by atoms with Gasteiger partial charge in [0.15, 0.2) is 0 Å². The first kappa shape index (κ1) is 16.7. The van der Waals surface area contributed by atoms with Gasteiger partial charge in [-0.25, -0.2) is 4.68 Å². The van der Waals surface area contributed by atoms with E-state index in [1.165, 1.54) is 4.68 Å². The van der Waals surface area contributed by atoms with Gasteiger partial charge >= 0.3 is 5.97 Å². The molecule has 7 nitrogen and oxygen atoms in total. The summed E-state index contributed by atoms with van der Waals surface area (Å²) in [6, 6.07) is 9.55. The van der Waals surface area contributed by atoms with Crippen molar-refractivity contribution in [2.24, 2.45) is 5.92 Å². The molecule has 0 saturated heterocycles. The summed E-state index contributed by atoms with van der Waals surface area (Å²) in [6.45, 7) is 2.05. The van der Waals surface area contributed by atoms with Crippen LogP contribution in [0.2, 0.25) is 0 Å². The SMILES string of the molecule is CCCC(CNC(=O)Cn1cc(-c2ccccc2)nn1)C(=O)O. The van der Waals surface area contributed by atoms with Crippen LogP contribution in [0.15, 0.2) is 36.5 Å². The predicted molar refractivity (Wildman–Crippen MR) is 84.5 cm³/mol. The average molecular weight is 316 g/mol. The standard InChI is InChI=1S/C16H20N4O3/c1-2-6-13(16(22)23)9-17-15(21)11-20-10-14(18-19-20)12-7-4-3-5-8-12/h3-5,7-8,10,13H,2,6,9,11H2,1H3,(H,17,21)(H,22,23). The fraction of sp³-hybridized carbons (Fsp3) is 0.375. The highest BCUT2D eigenvalue weighted by Gasteiger charge is 2.17.